The molecule has 2 aromatic rings. The van der Waals surface area contributed by atoms with E-state index in [0.717, 1.165) is 12.0 Å². The van der Waals surface area contributed by atoms with E-state index in [1.165, 1.54) is 21.5 Å². The highest BCUT2D eigenvalue weighted by atomic mass is 32.2. The molecule has 0 bridgehead atoms. The predicted molar refractivity (Wildman–Crippen MR) is 117 cm³/mol. The molecule has 30 heavy (non-hydrogen) atoms. The van der Waals surface area contributed by atoms with Gasteiger partial charge in [0.05, 0.1) is 24.2 Å². The van der Waals surface area contributed by atoms with Gasteiger partial charge in [-0.2, -0.15) is 4.31 Å². The molecule has 6 nitrogen and oxygen atoms in total. The zero-order chi connectivity index (χ0) is 21.9. The summed E-state index contributed by atoms with van der Waals surface area (Å²) < 4.78 is 32.9. The summed E-state index contributed by atoms with van der Waals surface area (Å²) in [5.41, 5.74) is 4.39. The molecule has 1 N–H and O–H groups in total. The molecular weight excluding hydrogens is 400 g/mol. The molecule has 162 valence electrons. The Morgan fingerprint density at radius 1 is 1.03 bits per heavy atom. The first-order valence-electron chi connectivity index (χ1n) is 10.3. The molecule has 3 rings (SSSR count). The first-order valence-corrected chi connectivity index (χ1v) is 11.7. The number of benzene rings is 2. The number of sulfonamides is 1. The molecule has 0 aromatic heterocycles. The fourth-order valence-electron chi connectivity index (χ4n) is 3.59. The number of aryl methyl sites for hydroxylation is 3. The van der Waals surface area contributed by atoms with Crippen LogP contribution < -0.4 is 5.32 Å². The second-order valence-corrected chi connectivity index (χ2v) is 9.68. The summed E-state index contributed by atoms with van der Waals surface area (Å²) in [5.74, 6) is -0.279. The molecule has 0 aliphatic carbocycles. The predicted octanol–water partition coefficient (Wildman–Crippen LogP) is 3.51. The summed E-state index contributed by atoms with van der Waals surface area (Å²) >= 11 is 0. The van der Waals surface area contributed by atoms with Crippen molar-refractivity contribution in [3.8, 4) is 0 Å². The van der Waals surface area contributed by atoms with Crippen molar-refractivity contribution in [2.45, 2.75) is 45.1 Å². The van der Waals surface area contributed by atoms with E-state index in [1.54, 1.807) is 19.1 Å². The minimum atomic E-state index is -3.67. The van der Waals surface area contributed by atoms with Gasteiger partial charge in [-0.25, -0.2) is 8.42 Å². The Hall–Kier alpha value is -2.22. The van der Waals surface area contributed by atoms with Gasteiger partial charge in [0.2, 0.25) is 10.0 Å². The number of amides is 1. The zero-order valence-electron chi connectivity index (χ0n) is 18.1. The fourth-order valence-corrected chi connectivity index (χ4v) is 5.25. The Labute approximate surface area is 179 Å². The van der Waals surface area contributed by atoms with Gasteiger partial charge in [-0.15, -0.1) is 0 Å². The van der Waals surface area contributed by atoms with Gasteiger partial charge in [0, 0.05) is 18.7 Å². The number of nitrogens with one attached hydrogen (secondary N) is 1. The Kier molecular flexibility index (Phi) is 6.95. The molecule has 1 amide bonds. The van der Waals surface area contributed by atoms with Gasteiger partial charge in [0.15, 0.2) is 0 Å². The van der Waals surface area contributed by atoms with Crippen molar-refractivity contribution < 1.29 is 17.9 Å². The van der Waals surface area contributed by atoms with Crippen molar-refractivity contribution in [3.05, 3.63) is 64.2 Å². The van der Waals surface area contributed by atoms with Crippen LogP contribution in [0, 0.1) is 20.8 Å². The van der Waals surface area contributed by atoms with Crippen LogP contribution in [0.5, 0.6) is 0 Å². The van der Waals surface area contributed by atoms with Crippen LogP contribution in [0.4, 0.5) is 0 Å². The monoisotopic (exact) mass is 430 g/mol. The maximum atomic E-state index is 13.1. The summed E-state index contributed by atoms with van der Waals surface area (Å²) in [5, 5.41) is 3.06. The first kappa shape index (κ1) is 22.5. The molecule has 0 spiro atoms. The minimum absolute atomic E-state index is 0.141. The van der Waals surface area contributed by atoms with Crippen LogP contribution in [0.3, 0.4) is 0 Å². The number of morpholine rings is 1. The van der Waals surface area contributed by atoms with Crippen LogP contribution in [0.1, 0.15) is 52.0 Å². The average Bonchev–Trinajstić information content (AvgIpc) is 2.74. The zero-order valence-corrected chi connectivity index (χ0v) is 18.9. The average molecular weight is 431 g/mol. The van der Waals surface area contributed by atoms with Crippen LogP contribution in [0.2, 0.25) is 0 Å². The lowest BCUT2D eigenvalue weighted by Crippen LogP contribution is -2.41. The normalized spacial score (nSPS) is 16.3. The van der Waals surface area contributed by atoms with Crippen LogP contribution >= 0.6 is 0 Å². The molecule has 0 saturated carbocycles. The molecule has 1 aliphatic heterocycles. The van der Waals surface area contributed by atoms with E-state index in [2.05, 4.69) is 31.3 Å². The molecule has 1 saturated heterocycles. The van der Waals surface area contributed by atoms with E-state index in [1.807, 2.05) is 13.0 Å². The summed E-state index contributed by atoms with van der Waals surface area (Å²) in [7, 11) is -3.67. The second-order valence-electron chi connectivity index (χ2n) is 7.77. The quantitative estimate of drug-likeness (QED) is 0.761. The maximum Gasteiger partial charge on any atom is 0.251 e. The lowest BCUT2D eigenvalue weighted by atomic mass is 9.99. The third-order valence-electron chi connectivity index (χ3n) is 5.69. The highest BCUT2D eigenvalue weighted by Gasteiger charge is 2.28. The number of ether oxygens (including phenoxy) is 1. The molecule has 7 heteroatoms. The Balaban J connectivity index is 1.85. The van der Waals surface area contributed by atoms with Crippen molar-refractivity contribution in [1.29, 1.82) is 0 Å². The lowest BCUT2D eigenvalue weighted by Gasteiger charge is -2.27. The van der Waals surface area contributed by atoms with Gasteiger partial charge in [-0.1, -0.05) is 31.2 Å². The number of rotatable bonds is 6. The van der Waals surface area contributed by atoms with E-state index in [4.69, 9.17) is 4.74 Å². The van der Waals surface area contributed by atoms with Gasteiger partial charge in [0.25, 0.3) is 5.91 Å². The Morgan fingerprint density at radius 2 is 1.70 bits per heavy atom. The van der Waals surface area contributed by atoms with E-state index in [0.29, 0.717) is 37.4 Å². The molecular formula is C23H30N2O4S. The third kappa shape index (κ3) is 4.74. The van der Waals surface area contributed by atoms with Gasteiger partial charge in [0.1, 0.15) is 0 Å². The number of hydrogen-bond donors (Lipinski definition) is 1. The van der Waals surface area contributed by atoms with Gasteiger partial charge in [-0.3, -0.25) is 4.79 Å². The number of carbonyl (C=O) groups excluding carboxylic acids is 1. The first-order chi connectivity index (χ1) is 14.2. The third-order valence-corrected chi connectivity index (χ3v) is 7.73. The van der Waals surface area contributed by atoms with Crippen molar-refractivity contribution in [2.24, 2.45) is 0 Å². The molecule has 0 radical (unpaired) electrons. The van der Waals surface area contributed by atoms with Crippen molar-refractivity contribution in [3.63, 3.8) is 0 Å². The minimum Gasteiger partial charge on any atom is -0.379 e. The van der Waals surface area contributed by atoms with Gasteiger partial charge in [-0.05, 0) is 61.6 Å². The highest BCUT2D eigenvalue weighted by molar-refractivity contribution is 7.89. The SMILES string of the molecule is CC[C@H](NC(=O)c1ccc(C)c(S(=O)(=O)N2CCOCC2)c1)c1ccc(C)c(C)c1. The van der Waals surface area contributed by atoms with Crippen LogP contribution in [0.15, 0.2) is 41.3 Å². The van der Waals surface area contributed by atoms with E-state index >= 15 is 0 Å². The highest BCUT2D eigenvalue weighted by Crippen LogP contribution is 2.24. The van der Waals surface area contributed by atoms with E-state index < -0.39 is 10.0 Å². The fraction of sp³-hybridized carbons (Fsp3) is 0.435. The Bertz CT molecular complexity index is 1030. The maximum absolute atomic E-state index is 13.1. The lowest BCUT2D eigenvalue weighted by molar-refractivity contribution is 0.0730. The summed E-state index contributed by atoms with van der Waals surface area (Å²) in [4.78, 5) is 13.1. The number of carbonyl (C=O) groups is 1. The summed E-state index contributed by atoms with van der Waals surface area (Å²) in [6.07, 6.45) is 0.735. The molecule has 2 aromatic carbocycles. The van der Waals surface area contributed by atoms with Gasteiger partial charge >= 0.3 is 0 Å². The van der Waals surface area contributed by atoms with E-state index in [-0.39, 0.29) is 16.8 Å². The molecule has 0 unspecified atom stereocenters. The summed E-state index contributed by atoms with van der Waals surface area (Å²) in [6.45, 7) is 9.28. The van der Waals surface area contributed by atoms with Crippen LogP contribution in [-0.2, 0) is 14.8 Å². The largest absolute Gasteiger partial charge is 0.379 e. The van der Waals surface area contributed by atoms with Gasteiger partial charge < -0.3 is 10.1 Å². The molecule has 1 atom stereocenters. The molecule has 1 fully saturated rings. The van der Waals surface area contributed by atoms with Crippen molar-refractivity contribution in [2.75, 3.05) is 26.3 Å². The topological polar surface area (TPSA) is 75.7 Å². The standard InChI is InChI=1S/C23H30N2O4S/c1-5-21(19-8-6-16(2)18(4)14-19)24-23(26)20-9-7-17(3)22(15-20)30(27,28)25-10-12-29-13-11-25/h6-9,14-15,21H,5,10-13H2,1-4H3,(H,24,26)/t21-/m0/s1. The van der Waals surface area contributed by atoms with Crippen molar-refractivity contribution in [1.82, 2.24) is 9.62 Å². The number of hydrogen-bond acceptors (Lipinski definition) is 4. The van der Waals surface area contributed by atoms with Crippen LogP contribution in [-0.4, -0.2) is 44.9 Å². The smallest absolute Gasteiger partial charge is 0.251 e. The molecule has 1 aliphatic rings. The summed E-state index contributed by atoms with van der Waals surface area (Å²) in [6, 6.07) is 10.9. The van der Waals surface area contributed by atoms with Crippen LogP contribution in [0.25, 0.3) is 0 Å². The van der Waals surface area contributed by atoms with Crippen molar-refractivity contribution >= 4 is 15.9 Å². The second kappa shape index (κ2) is 9.29. The molecule has 1 heterocycles. The number of nitrogens with zero attached hydrogens (tertiary/aromatic N) is 1. The Morgan fingerprint density at radius 3 is 2.33 bits per heavy atom. The van der Waals surface area contributed by atoms with E-state index in [9.17, 15) is 13.2 Å².